The second-order valence-electron chi connectivity index (χ2n) is 5.11. The molecule has 0 fully saturated rings. The first-order chi connectivity index (χ1) is 9.19. The minimum absolute atomic E-state index is 0.328. The van der Waals surface area contributed by atoms with E-state index in [1.165, 1.54) is 24.3 Å². The van der Waals surface area contributed by atoms with E-state index in [9.17, 15) is 18.5 Å². The molecule has 1 rings (SSSR count). The summed E-state index contributed by atoms with van der Waals surface area (Å²) < 4.78 is 27.1. The van der Waals surface area contributed by atoms with E-state index in [2.05, 4.69) is 4.72 Å². The molecule has 0 aliphatic rings. The van der Waals surface area contributed by atoms with Crippen LogP contribution in [0.3, 0.4) is 0 Å². The summed E-state index contributed by atoms with van der Waals surface area (Å²) >= 11 is 0. The third-order valence-electron chi connectivity index (χ3n) is 2.77. The van der Waals surface area contributed by atoms with Crippen LogP contribution in [0, 0.1) is 10.1 Å². The molecule has 0 atom stereocenters. The van der Waals surface area contributed by atoms with Crippen molar-refractivity contribution in [2.75, 3.05) is 6.54 Å². The van der Waals surface area contributed by atoms with Crippen molar-refractivity contribution >= 4 is 15.7 Å². The number of benzene rings is 1. The zero-order chi connectivity index (χ0) is 15.4. The van der Waals surface area contributed by atoms with Gasteiger partial charge in [-0.25, -0.2) is 13.1 Å². The topological polar surface area (TPSA) is 115 Å². The number of rotatable bonds is 7. The lowest BCUT2D eigenvalue weighted by molar-refractivity contribution is -0.387. The summed E-state index contributed by atoms with van der Waals surface area (Å²) in [7, 11) is -3.96. The van der Waals surface area contributed by atoms with Crippen molar-refractivity contribution in [3.05, 3.63) is 34.4 Å². The number of nitrogens with zero attached hydrogens (tertiary/aromatic N) is 1. The van der Waals surface area contributed by atoms with E-state index in [-0.39, 0.29) is 4.90 Å². The standard InChI is InChI=1S/C12H19N3O4S/c1-12(2,8-5-9-13)14-20(18,19)11-7-4-3-6-10(11)15(16)17/h3-4,6-7,14H,5,8-9,13H2,1-2H3. The third kappa shape index (κ3) is 4.26. The molecule has 112 valence electrons. The molecule has 0 unspecified atom stereocenters. The molecule has 0 aliphatic heterocycles. The first kappa shape index (κ1) is 16.5. The second kappa shape index (κ2) is 6.29. The third-order valence-corrected chi connectivity index (χ3v) is 4.51. The molecule has 0 spiro atoms. The summed E-state index contributed by atoms with van der Waals surface area (Å²) in [4.78, 5) is 9.87. The Balaban J connectivity index is 3.09. The summed E-state index contributed by atoms with van der Waals surface area (Å²) in [6, 6.07) is 5.27. The molecule has 20 heavy (non-hydrogen) atoms. The largest absolute Gasteiger partial charge is 0.330 e. The normalized spacial score (nSPS) is 12.3. The number of hydrogen-bond donors (Lipinski definition) is 2. The molecular formula is C12H19N3O4S. The number of nitro benzene ring substituents is 1. The highest BCUT2D eigenvalue weighted by atomic mass is 32.2. The van der Waals surface area contributed by atoms with Gasteiger partial charge in [0.05, 0.1) is 4.92 Å². The van der Waals surface area contributed by atoms with Gasteiger partial charge >= 0.3 is 0 Å². The van der Waals surface area contributed by atoms with Crippen molar-refractivity contribution in [2.45, 2.75) is 37.1 Å². The van der Waals surface area contributed by atoms with E-state index < -0.39 is 26.2 Å². The van der Waals surface area contributed by atoms with Crippen molar-refractivity contribution in [3.63, 3.8) is 0 Å². The molecule has 0 saturated heterocycles. The van der Waals surface area contributed by atoms with Gasteiger partial charge in [0.15, 0.2) is 4.90 Å². The zero-order valence-electron chi connectivity index (χ0n) is 11.5. The maximum Gasteiger partial charge on any atom is 0.289 e. The Labute approximate surface area is 118 Å². The molecule has 0 radical (unpaired) electrons. The van der Waals surface area contributed by atoms with E-state index >= 15 is 0 Å². The summed E-state index contributed by atoms with van der Waals surface area (Å²) in [6.07, 6.45) is 1.20. The van der Waals surface area contributed by atoms with Gasteiger partial charge in [-0.15, -0.1) is 0 Å². The van der Waals surface area contributed by atoms with Crippen molar-refractivity contribution in [1.29, 1.82) is 0 Å². The quantitative estimate of drug-likeness (QED) is 0.583. The summed E-state index contributed by atoms with van der Waals surface area (Å²) in [6.45, 7) is 3.89. The lowest BCUT2D eigenvalue weighted by Crippen LogP contribution is -2.43. The Morgan fingerprint density at radius 1 is 1.35 bits per heavy atom. The zero-order valence-corrected chi connectivity index (χ0v) is 12.3. The highest BCUT2D eigenvalue weighted by Crippen LogP contribution is 2.25. The molecular weight excluding hydrogens is 282 g/mol. The van der Waals surface area contributed by atoms with Crippen LogP contribution in [0.1, 0.15) is 26.7 Å². The molecule has 0 aliphatic carbocycles. The molecule has 0 aromatic heterocycles. The van der Waals surface area contributed by atoms with Gasteiger partial charge in [0.25, 0.3) is 5.69 Å². The predicted octanol–water partition coefficient (Wildman–Crippen LogP) is 1.39. The van der Waals surface area contributed by atoms with Gasteiger partial charge in [0.2, 0.25) is 10.0 Å². The number of hydrogen-bond acceptors (Lipinski definition) is 5. The fourth-order valence-electron chi connectivity index (χ4n) is 1.85. The van der Waals surface area contributed by atoms with Gasteiger partial charge in [-0.05, 0) is 39.3 Å². The van der Waals surface area contributed by atoms with E-state index in [1.54, 1.807) is 13.8 Å². The summed E-state index contributed by atoms with van der Waals surface area (Å²) in [5, 5.41) is 10.9. The molecule has 1 aromatic carbocycles. The van der Waals surface area contributed by atoms with E-state index in [0.29, 0.717) is 19.4 Å². The fraction of sp³-hybridized carbons (Fsp3) is 0.500. The highest BCUT2D eigenvalue weighted by Gasteiger charge is 2.30. The van der Waals surface area contributed by atoms with Crippen LogP contribution in [0.2, 0.25) is 0 Å². The Kier molecular flexibility index (Phi) is 5.21. The fourth-order valence-corrected chi connectivity index (χ4v) is 3.46. The molecule has 0 saturated carbocycles. The predicted molar refractivity (Wildman–Crippen MR) is 75.8 cm³/mol. The Hall–Kier alpha value is -1.51. The van der Waals surface area contributed by atoms with E-state index in [4.69, 9.17) is 5.73 Å². The van der Waals surface area contributed by atoms with Gasteiger partial charge in [0.1, 0.15) is 0 Å². The molecule has 1 aromatic rings. The van der Waals surface area contributed by atoms with Crippen LogP contribution in [0.25, 0.3) is 0 Å². The maximum absolute atomic E-state index is 12.3. The monoisotopic (exact) mass is 301 g/mol. The van der Waals surface area contributed by atoms with Crippen molar-refractivity contribution < 1.29 is 13.3 Å². The highest BCUT2D eigenvalue weighted by molar-refractivity contribution is 7.89. The molecule has 8 heteroatoms. The minimum Gasteiger partial charge on any atom is -0.330 e. The summed E-state index contributed by atoms with van der Waals surface area (Å²) in [5.41, 5.74) is 4.25. The van der Waals surface area contributed by atoms with E-state index in [0.717, 1.165) is 0 Å². The molecule has 0 heterocycles. The van der Waals surface area contributed by atoms with Crippen LogP contribution >= 0.6 is 0 Å². The van der Waals surface area contributed by atoms with Crippen LogP contribution in [0.5, 0.6) is 0 Å². The van der Waals surface area contributed by atoms with Gasteiger partial charge in [0, 0.05) is 11.6 Å². The number of para-hydroxylation sites is 1. The average Bonchev–Trinajstić information content (AvgIpc) is 2.35. The number of nitrogens with one attached hydrogen (secondary N) is 1. The molecule has 0 bridgehead atoms. The van der Waals surface area contributed by atoms with Crippen molar-refractivity contribution in [3.8, 4) is 0 Å². The maximum atomic E-state index is 12.3. The van der Waals surface area contributed by atoms with Gasteiger partial charge < -0.3 is 5.73 Å². The Bertz CT molecular complexity index is 584. The molecule has 7 nitrogen and oxygen atoms in total. The molecule has 0 amide bonds. The van der Waals surface area contributed by atoms with Gasteiger partial charge in [-0.1, -0.05) is 12.1 Å². The lowest BCUT2D eigenvalue weighted by Gasteiger charge is -2.25. The Morgan fingerprint density at radius 3 is 2.50 bits per heavy atom. The minimum atomic E-state index is -3.96. The van der Waals surface area contributed by atoms with Crippen LogP contribution in [-0.2, 0) is 10.0 Å². The van der Waals surface area contributed by atoms with Crippen molar-refractivity contribution in [1.82, 2.24) is 4.72 Å². The van der Waals surface area contributed by atoms with Crippen LogP contribution in [0.15, 0.2) is 29.2 Å². The van der Waals surface area contributed by atoms with Crippen molar-refractivity contribution in [2.24, 2.45) is 5.73 Å². The smallest absolute Gasteiger partial charge is 0.289 e. The van der Waals surface area contributed by atoms with E-state index in [1.807, 2.05) is 0 Å². The first-order valence-corrected chi connectivity index (χ1v) is 7.65. The number of nitrogens with two attached hydrogens (primary N) is 1. The van der Waals surface area contributed by atoms with Gasteiger partial charge in [-0.3, -0.25) is 10.1 Å². The first-order valence-electron chi connectivity index (χ1n) is 6.17. The van der Waals surface area contributed by atoms with Crippen LogP contribution < -0.4 is 10.5 Å². The van der Waals surface area contributed by atoms with Gasteiger partial charge in [-0.2, -0.15) is 0 Å². The summed E-state index contributed by atoms with van der Waals surface area (Å²) in [5.74, 6) is 0. The van der Waals surface area contributed by atoms with Crippen LogP contribution in [-0.4, -0.2) is 25.4 Å². The SMILES string of the molecule is CC(C)(CCCN)NS(=O)(=O)c1ccccc1[N+](=O)[O-]. The molecule has 3 N–H and O–H groups in total. The Morgan fingerprint density at radius 2 is 1.95 bits per heavy atom. The number of sulfonamides is 1. The number of nitro groups is 1. The average molecular weight is 301 g/mol. The second-order valence-corrected chi connectivity index (χ2v) is 6.76. The van der Waals surface area contributed by atoms with Crippen LogP contribution in [0.4, 0.5) is 5.69 Å². The lowest BCUT2D eigenvalue weighted by atomic mass is 10.0.